The van der Waals surface area contributed by atoms with E-state index in [1.54, 1.807) is 29.2 Å². The van der Waals surface area contributed by atoms with Gasteiger partial charge in [0.05, 0.1) is 0 Å². The minimum atomic E-state index is -0.0701. The zero-order valence-electron chi connectivity index (χ0n) is 15.4. The molecule has 4 nitrogen and oxygen atoms in total. The number of piperidine rings is 1. The van der Waals surface area contributed by atoms with E-state index in [0.29, 0.717) is 42.5 Å². The summed E-state index contributed by atoms with van der Waals surface area (Å²) in [5.74, 6) is -0.0669. The molecule has 0 aromatic heterocycles. The number of rotatable bonds is 5. The van der Waals surface area contributed by atoms with Crippen LogP contribution in [0.5, 0.6) is 0 Å². The molecule has 28 heavy (non-hydrogen) atoms. The first-order chi connectivity index (χ1) is 13.5. The average Bonchev–Trinajstić information content (AvgIpc) is 2.70. The number of likely N-dealkylation sites (tertiary alicyclic amines) is 1. The van der Waals surface area contributed by atoms with Gasteiger partial charge < -0.3 is 10.2 Å². The molecule has 1 N–H and O–H groups in total. The van der Waals surface area contributed by atoms with Gasteiger partial charge in [-0.1, -0.05) is 53.5 Å². The van der Waals surface area contributed by atoms with E-state index >= 15 is 0 Å². The maximum absolute atomic E-state index is 12.4. The summed E-state index contributed by atoms with van der Waals surface area (Å²) in [5.41, 5.74) is 1.86. The van der Waals surface area contributed by atoms with Crippen LogP contribution in [0.25, 0.3) is 6.08 Å². The highest BCUT2D eigenvalue weighted by molar-refractivity contribution is 6.34. The molecule has 2 aromatic rings. The van der Waals surface area contributed by atoms with Gasteiger partial charge in [-0.3, -0.25) is 9.59 Å². The van der Waals surface area contributed by atoms with Crippen molar-refractivity contribution in [2.45, 2.75) is 19.4 Å². The maximum atomic E-state index is 12.4. The Balaban J connectivity index is 1.47. The molecule has 1 aliphatic heterocycles. The van der Waals surface area contributed by atoms with Crippen LogP contribution >= 0.6 is 23.2 Å². The van der Waals surface area contributed by atoms with Crippen molar-refractivity contribution >= 4 is 41.1 Å². The fourth-order valence-corrected chi connectivity index (χ4v) is 3.78. The van der Waals surface area contributed by atoms with E-state index < -0.39 is 0 Å². The number of nitrogens with zero attached hydrogens (tertiary/aromatic N) is 1. The van der Waals surface area contributed by atoms with Crippen molar-refractivity contribution in [1.29, 1.82) is 0 Å². The number of halogens is 2. The molecular formula is C22H22Cl2N2O2. The number of benzene rings is 2. The van der Waals surface area contributed by atoms with Crippen LogP contribution in [-0.4, -0.2) is 29.8 Å². The number of carbonyl (C=O) groups excluding carboxylic acids is 2. The van der Waals surface area contributed by atoms with Gasteiger partial charge in [-0.05, 0) is 48.2 Å². The Labute approximate surface area is 175 Å². The third kappa shape index (κ3) is 5.85. The molecule has 2 amide bonds. The monoisotopic (exact) mass is 416 g/mol. The van der Waals surface area contributed by atoms with Gasteiger partial charge in [0.2, 0.25) is 11.8 Å². The molecule has 0 unspecified atom stereocenters. The minimum Gasteiger partial charge on any atom is -0.352 e. The van der Waals surface area contributed by atoms with Crippen molar-refractivity contribution in [3.63, 3.8) is 0 Å². The SMILES string of the molecule is O=C(NCc1ccccc1)C1CCN(C(=O)/C=C/c2cc(Cl)cc(Cl)c2)CC1. The van der Waals surface area contributed by atoms with Crippen molar-refractivity contribution in [2.75, 3.05) is 13.1 Å². The minimum absolute atomic E-state index is 0.0523. The highest BCUT2D eigenvalue weighted by Crippen LogP contribution is 2.21. The van der Waals surface area contributed by atoms with Gasteiger partial charge in [-0.25, -0.2) is 0 Å². The Morgan fingerprint density at radius 2 is 1.68 bits per heavy atom. The molecule has 6 heteroatoms. The molecule has 1 heterocycles. The van der Waals surface area contributed by atoms with Crippen LogP contribution in [0.4, 0.5) is 0 Å². The van der Waals surface area contributed by atoms with Crippen molar-refractivity contribution in [1.82, 2.24) is 10.2 Å². The zero-order chi connectivity index (χ0) is 19.9. The molecule has 0 spiro atoms. The quantitative estimate of drug-likeness (QED) is 0.726. The van der Waals surface area contributed by atoms with Gasteiger partial charge >= 0.3 is 0 Å². The largest absolute Gasteiger partial charge is 0.352 e. The fraction of sp³-hybridized carbons (Fsp3) is 0.273. The Morgan fingerprint density at radius 3 is 2.32 bits per heavy atom. The smallest absolute Gasteiger partial charge is 0.246 e. The van der Waals surface area contributed by atoms with E-state index in [9.17, 15) is 9.59 Å². The summed E-state index contributed by atoms with van der Waals surface area (Å²) >= 11 is 11.9. The fourth-order valence-electron chi connectivity index (χ4n) is 3.24. The first-order valence-corrected chi connectivity index (χ1v) is 10.0. The van der Waals surface area contributed by atoms with Gasteiger partial charge in [0.15, 0.2) is 0 Å². The molecule has 146 valence electrons. The molecule has 1 aliphatic rings. The summed E-state index contributed by atoms with van der Waals surface area (Å²) < 4.78 is 0. The normalized spacial score (nSPS) is 15.0. The lowest BCUT2D eigenvalue weighted by Gasteiger charge is -2.30. The van der Waals surface area contributed by atoms with Crippen LogP contribution in [0.15, 0.2) is 54.6 Å². The summed E-state index contributed by atoms with van der Waals surface area (Å²) in [7, 11) is 0. The van der Waals surface area contributed by atoms with E-state index in [1.165, 1.54) is 6.08 Å². The third-order valence-electron chi connectivity index (χ3n) is 4.79. The van der Waals surface area contributed by atoms with Crippen molar-refractivity contribution in [2.24, 2.45) is 5.92 Å². The van der Waals surface area contributed by atoms with Gasteiger partial charge in [0.25, 0.3) is 0 Å². The first-order valence-electron chi connectivity index (χ1n) is 9.26. The summed E-state index contributed by atoms with van der Waals surface area (Å²) in [6.45, 7) is 1.68. The molecule has 0 saturated carbocycles. The Kier molecular flexibility index (Phi) is 7.12. The molecule has 0 atom stereocenters. The van der Waals surface area contributed by atoms with Crippen molar-refractivity contribution < 1.29 is 9.59 Å². The Morgan fingerprint density at radius 1 is 1.04 bits per heavy atom. The van der Waals surface area contributed by atoms with Crippen LogP contribution in [0.2, 0.25) is 10.0 Å². The highest BCUT2D eigenvalue weighted by atomic mass is 35.5. The predicted octanol–water partition coefficient (Wildman–Crippen LogP) is 4.56. The lowest BCUT2D eigenvalue weighted by molar-refractivity contribution is -0.132. The van der Waals surface area contributed by atoms with E-state index in [2.05, 4.69) is 5.32 Å². The van der Waals surface area contributed by atoms with E-state index in [4.69, 9.17) is 23.2 Å². The second-order valence-corrected chi connectivity index (χ2v) is 7.71. The summed E-state index contributed by atoms with van der Waals surface area (Å²) in [6.07, 6.45) is 4.57. The second-order valence-electron chi connectivity index (χ2n) is 6.84. The molecule has 2 aromatic carbocycles. The van der Waals surface area contributed by atoms with Gasteiger partial charge in [-0.15, -0.1) is 0 Å². The van der Waals surface area contributed by atoms with E-state index in [1.807, 2.05) is 30.3 Å². The number of hydrogen-bond donors (Lipinski definition) is 1. The molecule has 1 fully saturated rings. The van der Waals surface area contributed by atoms with Crippen LogP contribution < -0.4 is 5.32 Å². The van der Waals surface area contributed by atoms with Gasteiger partial charge in [-0.2, -0.15) is 0 Å². The number of nitrogens with one attached hydrogen (secondary N) is 1. The number of hydrogen-bond acceptors (Lipinski definition) is 2. The lowest BCUT2D eigenvalue weighted by Crippen LogP contribution is -2.42. The van der Waals surface area contributed by atoms with Crippen LogP contribution in [0.3, 0.4) is 0 Å². The van der Waals surface area contributed by atoms with E-state index in [-0.39, 0.29) is 17.7 Å². The number of amides is 2. The number of carbonyl (C=O) groups is 2. The second kappa shape index (κ2) is 9.76. The predicted molar refractivity (Wildman–Crippen MR) is 113 cm³/mol. The summed E-state index contributed by atoms with van der Waals surface area (Å²) in [4.78, 5) is 26.5. The standard InChI is InChI=1S/C22H22Cl2N2O2/c23-19-12-17(13-20(24)14-19)6-7-21(27)26-10-8-18(9-11-26)22(28)25-15-16-4-2-1-3-5-16/h1-7,12-14,18H,8-11,15H2,(H,25,28)/b7-6+. The molecule has 0 radical (unpaired) electrons. The third-order valence-corrected chi connectivity index (χ3v) is 5.23. The van der Waals surface area contributed by atoms with Gasteiger partial charge in [0, 0.05) is 41.7 Å². The first kappa shape index (κ1) is 20.4. The van der Waals surface area contributed by atoms with Crippen LogP contribution in [-0.2, 0) is 16.1 Å². The molecule has 0 aliphatic carbocycles. The summed E-state index contributed by atoms with van der Waals surface area (Å²) in [5, 5.41) is 4.05. The lowest BCUT2D eigenvalue weighted by atomic mass is 9.95. The Bertz CT molecular complexity index is 840. The van der Waals surface area contributed by atoms with Crippen LogP contribution in [0.1, 0.15) is 24.0 Å². The zero-order valence-corrected chi connectivity index (χ0v) is 16.9. The molecular weight excluding hydrogens is 395 g/mol. The van der Waals surface area contributed by atoms with Crippen LogP contribution in [0, 0.1) is 5.92 Å². The average molecular weight is 417 g/mol. The van der Waals surface area contributed by atoms with Gasteiger partial charge in [0.1, 0.15) is 0 Å². The summed E-state index contributed by atoms with van der Waals surface area (Å²) in [6, 6.07) is 15.0. The van der Waals surface area contributed by atoms with Crippen molar-refractivity contribution in [3.05, 3.63) is 75.8 Å². The topological polar surface area (TPSA) is 49.4 Å². The maximum Gasteiger partial charge on any atom is 0.246 e. The Hall–Kier alpha value is -2.30. The van der Waals surface area contributed by atoms with E-state index in [0.717, 1.165) is 11.1 Å². The van der Waals surface area contributed by atoms with Crippen molar-refractivity contribution in [3.8, 4) is 0 Å². The highest BCUT2D eigenvalue weighted by Gasteiger charge is 2.26. The molecule has 0 bridgehead atoms. The molecule has 3 rings (SSSR count). The molecule has 1 saturated heterocycles.